The highest BCUT2D eigenvalue weighted by Gasteiger charge is 2.59. The number of pyridine rings is 1. The summed E-state index contributed by atoms with van der Waals surface area (Å²) >= 11 is 0. The van der Waals surface area contributed by atoms with E-state index in [9.17, 15) is 4.57 Å². The summed E-state index contributed by atoms with van der Waals surface area (Å²) in [5, 5.41) is 0.949. The van der Waals surface area contributed by atoms with E-state index in [1.807, 2.05) is 24.3 Å². The molecule has 1 aromatic carbocycles. The first-order chi connectivity index (χ1) is 28.4. The number of nitrogens with zero attached hydrogens (tertiary/aromatic N) is 4. The van der Waals surface area contributed by atoms with Gasteiger partial charge in [0.2, 0.25) is 6.54 Å². The average Bonchev–Trinajstić information content (AvgIpc) is 3.77. The van der Waals surface area contributed by atoms with Gasteiger partial charge in [-0.15, -0.1) is 0 Å². The molecular formula is C48H72N5O5P. The molecule has 2 N–H and O–H groups in total. The lowest BCUT2D eigenvalue weighted by Crippen LogP contribution is -2.51. The standard InChI is InChI=1S/C48H72N5O5P/c1-8-9-17-43-52-44-45(38-15-10-11-16-42(38)51-46(44)49)53(43)27-29-57-59(54,56-28-26-50-7)58-31-30-55-36-22-24-47(5)35(32-36)18-19-37-40-21-20-39(34(4)14-12-13-33(2)3)48(40,6)25-23-41(37)47/h10-11,15-16,18,33-34,36-37,39-41H,8-9,12-14,17,19-32H2,1-6H3,(H2,49,51)/t34-,36+,37+,39-,40+,41+,47+,48-,59?/m1/s1. The zero-order valence-electron chi connectivity index (χ0n) is 36.9. The summed E-state index contributed by atoms with van der Waals surface area (Å²) in [6.07, 6.45) is 19.6. The maximum atomic E-state index is 14.0. The zero-order valence-corrected chi connectivity index (χ0v) is 37.8. The number of ether oxygens (including phenoxy) is 1. The van der Waals surface area contributed by atoms with Crippen LogP contribution in [-0.2, 0) is 35.8 Å². The van der Waals surface area contributed by atoms with E-state index >= 15 is 0 Å². The molecule has 10 nitrogen and oxygen atoms in total. The number of fused-ring (bicyclic) bond motifs is 8. The fourth-order valence-electron chi connectivity index (χ4n) is 12.4. The molecule has 59 heavy (non-hydrogen) atoms. The number of anilines is 1. The van der Waals surface area contributed by atoms with Crippen molar-refractivity contribution in [2.75, 3.05) is 38.7 Å². The van der Waals surface area contributed by atoms with Gasteiger partial charge in [-0.05, 0) is 110 Å². The van der Waals surface area contributed by atoms with Crippen LogP contribution in [0.5, 0.6) is 0 Å². The minimum atomic E-state index is -3.98. The second-order valence-electron chi connectivity index (χ2n) is 19.3. The summed E-state index contributed by atoms with van der Waals surface area (Å²) in [6, 6.07) is 7.89. The van der Waals surface area contributed by atoms with Crippen molar-refractivity contribution in [3.8, 4) is 0 Å². The van der Waals surface area contributed by atoms with Crippen LogP contribution >= 0.6 is 7.82 Å². The van der Waals surface area contributed by atoms with E-state index < -0.39 is 7.82 Å². The Hall–Kier alpha value is -2.80. The Bertz CT molecular complexity index is 2030. The van der Waals surface area contributed by atoms with Crippen LogP contribution < -0.4 is 5.73 Å². The number of rotatable bonds is 20. The molecule has 0 radical (unpaired) electrons. The van der Waals surface area contributed by atoms with Crippen molar-refractivity contribution in [1.29, 1.82) is 0 Å². The smallest absolute Gasteiger partial charge is 0.382 e. The minimum Gasteiger partial charge on any atom is -0.382 e. The monoisotopic (exact) mass is 830 g/mol. The van der Waals surface area contributed by atoms with E-state index in [1.165, 1.54) is 51.4 Å². The van der Waals surface area contributed by atoms with Gasteiger partial charge >= 0.3 is 7.82 Å². The Balaban J connectivity index is 0.942. The maximum Gasteiger partial charge on any atom is 0.475 e. The van der Waals surface area contributed by atoms with E-state index in [0.717, 1.165) is 96.3 Å². The van der Waals surface area contributed by atoms with E-state index in [1.54, 1.807) is 5.57 Å². The fourth-order valence-corrected chi connectivity index (χ4v) is 13.5. The first-order valence-electron chi connectivity index (χ1n) is 23.1. The Morgan fingerprint density at radius 2 is 1.76 bits per heavy atom. The third-order valence-electron chi connectivity index (χ3n) is 15.4. The van der Waals surface area contributed by atoms with Gasteiger partial charge in [0.15, 0.2) is 5.82 Å². The van der Waals surface area contributed by atoms with Gasteiger partial charge in [-0.3, -0.25) is 13.6 Å². The number of para-hydroxylation sites is 1. The average molecular weight is 830 g/mol. The lowest BCUT2D eigenvalue weighted by molar-refractivity contribution is -0.0659. The first kappa shape index (κ1) is 44.3. The van der Waals surface area contributed by atoms with Crippen LogP contribution in [0.15, 0.2) is 35.9 Å². The lowest BCUT2D eigenvalue weighted by Gasteiger charge is -2.58. The lowest BCUT2D eigenvalue weighted by atomic mass is 9.47. The van der Waals surface area contributed by atoms with Crippen molar-refractivity contribution in [3.63, 3.8) is 0 Å². The molecule has 2 aromatic heterocycles. The van der Waals surface area contributed by atoms with Crippen molar-refractivity contribution >= 4 is 35.6 Å². The Morgan fingerprint density at radius 3 is 2.56 bits per heavy atom. The number of aryl methyl sites for hydroxylation is 1. The molecule has 3 fully saturated rings. The number of phosphoric acid groups is 1. The van der Waals surface area contributed by atoms with Gasteiger partial charge < -0.3 is 19.9 Å². The summed E-state index contributed by atoms with van der Waals surface area (Å²) in [5.41, 5.74) is 11.1. The number of phosphoric ester groups is 1. The van der Waals surface area contributed by atoms with Crippen LogP contribution in [0.1, 0.15) is 131 Å². The quantitative estimate of drug-likeness (QED) is 0.0518. The third-order valence-corrected chi connectivity index (χ3v) is 16.9. The van der Waals surface area contributed by atoms with Crippen molar-refractivity contribution in [2.24, 2.45) is 46.3 Å². The van der Waals surface area contributed by atoms with Gasteiger partial charge in [0.25, 0.3) is 0 Å². The van der Waals surface area contributed by atoms with Crippen molar-refractivity contribution in [1.82, 2.24) is 14.5 Å². The van der Waals surface area contributed by atoms with Gasteiger partial charge in [-0.25, -0.2) is 21.1 Å². The highest BCUT2D eigenvalue weighted by Crippen LogP contribution is 2.67. The molecule has 4 aliphatic rings. The zero-order chi connectivity index (χ0) is 41.8. The largest absolute Gasteiger partial charge is 0.475 e. The SMILES string of the molecule is [C-]#[N+]CCOP(=O)(OCCO[C@H]1CC[C@@]2(C)C(=CC[C@H]3[C@@H]4CC[C@H]([C@H](C)CCCC(C)C)[C@@]4(C)CC[C@@H]32)C1)OCCn1c(CCCC)nc2c(N)nc3ccccc3c21. The van der Waals surface area contributed by atoms with Crippen LogP contribution in [0.3, 0.4) is 0 Å². The van der Waals surface area contributed by atoms with Crippen LogP contribution in [0, 0.1) is 52.9 Å². The Morgan fingerprint density at radius 1 is 0.966 bits per heavy atom. The maximum absolute atomic E-state index is 14.0. The number of hydrogen-bond acceptors (Lipinski definition) is 8. The van der Waals surface area contributed by atoms with Gasteiger partial charge in [-0.1, -0.05) is 97.1 Å². The molecule has 4 aliphatic carbocycles. The molecule has 324 valence electrons. The van der Waals surface area contributed by atoms with Gasteiger partial charge in [-0.2, -0.15) is 0 Å². The predicted octanol–water partition coefficient (Wildman–Crippen LogP) is 12.0. The molecule has 0 amide bonds. The molecular weight excluding hydrogens is 758 g/mol. The Labute approximate surface area is 354 Å². The summed E-state index contributed by atoms with van der Waals surface area (Å²) in [6.45, 7) is 22.7. The van der Waals surface area contributed by atoms with Crippen molar-refractivity contribution in [3.05, 3.63) is 53.2 Å². The van der Waals surface area contributed by atoms with E-state index in [-0.39, 0.29) is 37.9 Å². The molecule has 0 aliphatic heterocycles. The van der Waals surface area contributed by atoms with E-state index in [4.69, 9.17) is 35.6 Å². The molecule has 0 bridgehead atoms. The normalized spacial score (nSPS) is 29.5. The molecule has 9 atom stereocenters. The second-order valence-corrected chi connectivity index (χ2v) is 21.0. The minimum absolute atomic E-state index is 0.0419. The van der Waals surface area contributed by atoms with Crippen LogP contribution in [-0.4, -0.2) is 53.6 Å². The summed E-state index contributed by atoms with van der Waals surface area (Å²) < 4.78 is 40.0. The fraction of sp³-hybridized carbons (Fsp3) is 0.729. The highest BCUT2D eigenvalue weighted by molar-refractivity contribution is 7.48. The number of imidazole rings is 1. The number of nitrogen functional groups attached to an aromatic ring is 1. The number of hydrogen-bond donors (Lipinski definition) is 1. The Kier molecular flexibility index (Phi) is 14.3. The number of unbranched alkanes of at least 4 members (excludes halogenated alkanes) is 1. The predicted molar refractivity (Wildman–Crippen MR) is 238 cm³/mol. The van der Waals surface area contributed by atoms with Crippen molar-refractivity contribution in [2.45, 2.75) is 144 Å². The molecule has 0 spiro atoms. The van der Waals surface area contributed by atoms with Crippen molar-refractivity contribution < 1.29 is 22.9 Å². The van der Waals surface area contributed by atoms with Gasteiger partial charge in [0, 0.05) is 18.4 Å². The summed E-state index contributed by atoms with van der Waals surface area (Å²) in [4.78, 5) is 12.9. The molecule has 1 unspecified atom stereocenters. The van der Waals surface area contributed by atoms with E-state index in [0.29, 0.717) is 29.9 Å². The topological polar surface area (TPSA) is 115 Å². The summed E-state index contributed by atoms with van der Waals surface area (Å²) in [5.74, 6) is 6.21. The summed E-state index contributed by atoms with van der Waals surface area (Å²) in [7, 11) is -3.98. The van der Waals surface area contributed by atoms with Crippen LogP contribution in [0.25, 0.3) is 26.8 Å². The molecule has 3 aromatic rings. The number of benzene rings is 1. The molecule has 3 saturated carbocycles. The number of allylic oxidation sites excluding steroid dienone is 1. The van der Waals surface area contributed by atoms with Crippen LogP contribution in [0.4, 0.5) is 5.82 Å². The van der Waals surface area contributed by atoms with Gasteiger partial charge in [0.05, 0.1) is 37.0 Å². The molecule has 0 saturated heterocycles. The van der Waals surface area contributed by atoms with E-state index in [2.05, 4.69) is 62.0 Å². The van der Waals surface area contributed by atoms with Gasteiger partial charge in [0.1, 0.15) is 17.9 Å². The molecule has 11 heteroatoms. The number of aromatic nitrogens is 3. The molecule has 7 rings (SSSR count). The number of nitrogens with two attached hydrogens (primary N) is 1. The van der Waals surface area contributed by atoms with Crippen LogP contribution in [0.2, 0.25) is 0 Å². The third kappa shape index (κ3) is 9.36. The highest BCUT2D eigenvalue weighted by atomic mass is 31.2. The first-order valence-corrected chi connectivity index (χ1v) is 24.6. The molecule has 2 heterocycles. The second kappa shape index (κ2) is 19.1.